The van der Waals surface area contributed by atoms with Gasteiger partial charge in [0.2, 0.25) is 0 Å². The average Bonchev–Trinajstić information content (AvgIpc) is 2.76. The maximum Gasteiger partial charge on any atom is 0.314 e. The summed E-state index contributed by atoms with van der Waals surface area (Å²) >= 11 is 0. The van der Waals surface area contributed by atoms with Gasteiger partial charge in [0.1, 0.15) is 17.2 Å². The number of nitro benzene ring substituents is 1. The van der Waals surface area contributed by atoms with Gasteiger partial charge in [0.15, 0.2) is 11.9 Å². The first kappa shape index (κ1) is 20.7. The van der Waals surface area contributed by atoms with Gasteiger partial charge in [-0.3, -0.25) is 14.9 Å². The predicted octanol–water partition coefficient (Wildman–Crippen LogP) is 4.80. The minimum atomic E-state index is -0.961. The molecule has 1 atom stereocenters. The van der Waals surface area contributed by atoms with Gasteiger partial charge in [-0.15, -0.1) is 0 Å². The largest absolute Gasteiger partial charge is 0.496 e. The summed E-state index contributed by atoms with van der Waals surface area (Å²) in [6.07, 6.45) is -0.961. The van der Waals surface area contributed by atoms with Gasteiger partial charge in [-0.25, -0.2) is 0 Å². The summed E-state index contributed by atoms with van der Waals surface area (Å²) in [7, 11) is 1.41. The van der Waals surface area contributed by atoms with Crippen molar-refractivity contribution >= 4 is 17.3 Å². The molecule has 0 fully saturated rings. The lowest BCUT2D eigenvalue weighted by atomic mass is 10.2. The van der Waals surface area contributed by atoms with E-state index in [0.717, 1.165) is 0 Å². The van der Waals surface area contributed by atoms with Crippen LogP contribution in [0.4, 0.5) is 11.4 Å². The lowest BCUT2D eigenvalue weighted by molar-refractivity contribution is -0.386. The van der Waals surface area contributed by atoms with Crippen molar-refractivity contribution in [2.24, 2.45) is 0 Å². The quantitative estimate of drug-likeness (QED) is 0.424. The van der Waals surface area contributed by atoms with E-state index in [-0.39, 0.29) is 11.4 Å². The summed E-state index contributed by atoms with van der Waals surface area (Å²) in [5.74, 6) is 1.19. The molecule has 8 heteroatoms. The third-order valence-electron chi connectivity index (χ3n) is 4.14. The second-order valence-electron chi connectivity index (χ2n) is 6.28. The van der Waals surface area contributed by atoms with E-state index >= 15 is 0 Å². The van der Waals surface area contributed by atoms with Crippen molar-refractivity contribution in [3.05, 3.63) is 82.9 Å². The Morgan fingerprint density at radius 2 is 1.60 bits per heavy atom. The van der Waals surface area contributed by atoms with Crippen molar-refractivity contribution in [1.82, 2.24) is 0 Å². The highest BCUT2D eigenvalue weighted by Gasteiger charge is 2.22. The molecule has 0 unspecified atom stereocenters. The molecule has 0 bridgehead atoms. The van der Waals surface area contributed by atoms with Crippen molar-refractivity contribution < 1.29 is 23.9 Å². The second-order valence-corrected chi connectivity index (χ2v) is 6.28. The van der Waals surface area contributed by atoms with Gasteiger partial charge in [-0.05, 0) is 55.5 Å². The van der Waals surface area contributed by atoms with Gasteiger partial charge in [-0.1, -0.05) is 18.2 Å². The topological polar surface area (TPSA) is 99.9 Å². The summed E-state index contributed by atoms with van der Waals surface area (Å²) in [6, 6.07) is 20.3. The minimum absolute atomic E-state index is 0.0185. The van der Waals surface area contributed by atoms with Crippen LogP contribution in [0.5, 0.6) is 23.0 Å². The molecule has 0 saturated heterocycles. The lowest BCUT2D eigenvalue weighted by Gasteiger charge is -2.15. The first-order chi connectivity index (χ1) is 14.5. The van der Waals surface area contributed by atoms with E-state index in [0.29, 0.717) is 22.9 Å². The van der Waals surface area contributed by atoms with Gasteiger partial charge in [0.05, 0.1) is 18.1 Å². The normalized spacial score (nSPS) is 11.3. The van der Waals surface area contributed by atoms with E-state index in [1.54, 1.807) is 24.3 Å². The Morgan fingerprint density at radius 3 is 2.23 bits per heavy atom. The zero-order valence-electron chi connectivity index (χ0n) is 16.4. The molecule has 0 heterocycles. The number of nitrogens with one attached hydrogen (secondary N) is 1. The molecule has 30 heavy (non-hydrogen) atoms. The number of carbonyl (C=O) groups excluding carboxylic acids is 1. The van der Waals surface area contributed by atoms with Crippen molar-refractivity contribution in [2.75, 3.05) is 12.4 Å². The smallest absolute Gasteiger partial charge is 0.314 e. The highest BCUT2D eigenvalue weighted by atomic mass is 16.6. The molecule has 3 aromatic rings. The summed E-state index contributed by atoms with van der Waals surface area (Å²) in [6.45, 7) is 1.51. The van der Waals surface area contributed by atoms with Crippen LogP contribution in [0.25, 0.3) is 0 Å². The SMILES string of the molecule is COc1ccc(O[C@H](C)C(=O)Nc2ccc(Oc3ccccc3)cc2)c([N+](=O)[O-])c1. The van der Waals surface area contributed by atoms with Crippen molar-refractivity contribution in [2.45, 2.75) is 13.0 Å². The Balaban J connectivity index is 1.62. The number of methoxy groups -OCH3 is 1. The van der Waals surface area contributed by atoms with Gasteiger partial charge in [0, 0.05) is 5.69 Å². The van der Waals surface area contributed by atoms with E-state index in [2.05, 4.69) is 5.32 Å². The Hall–Kier alpha value is -4.07. The first-order valence-corrected chi connectivity index (χ1v) is 9.09. The highest BCUT2D eigenvalue weighted by molar-refractivity contribution is 5.94. The van der Waals surface area contributed by atoms with Crippen LogP contribution in [0.15, 0.2) is 72.8 Å². The minimum Gasteiger partial charge on any atom is -0.496 e. The number of rotatable bonds is 8. The first-order valence-electron chi connectivity index (χ1n) is 9.09. The molecule has 0 radical (unpaired) electrons. The zero-order chi connectivity index (χ0) is 21.5. The van der Waals surface area contributed by atoms with E-state index in [1.165, 1.54) is 32.2 Å². The summed E-state index contributed by atoms with van der Waals surface area (Å²) < 4.78 is 16.2. The standard InChI is InChI=1S/C22H20N2O6/c1-15(29-21-13-12-19(28-2)14-20(21)24(26)27)22(25)23-16-8-10-18(11-9-16)30-17-6-4-3-5-7-17/h3-15H,1-2H3,(H,23,25)/t15-/m1/s1. The molecule has 3 aromatic carbocycles. The van der Waals surface area contributed by atoms with Crippen molar-refractivity contribution in [1.29, 1.82) is 0 Å². The van der Waals surface area contributed by atoms with Crippen LogP contribution in [0, 0.1) is 10.1 Å². The van der Waals surface area contributed by atoms with Crippen LogP contribution in [0.1, 0.15) is 6.92 Å². The molecule has 154 valence electrons. The number of para-hydroxylation sites is 1. The monoisotopic (exact) mass is 408 g/mol. The average molecular weight is 408 g/mol. The number of hydrogen-bond acceptors (Lipinski definition) is 6. The number of amides is 1. The molecular weight excluding hydrogens is 388 g/mol. The Bertz CT molecular complexity index is 1020. The summed E-state index contributed by atoms with van der Waals surface area (Å²) in [4.78, 5) is 23.1. The number of anilines is 1. The van der Waals surface area contributed by atoms with Crippen LogP contribution in [0.2, 0.25) is 0 Å². The molecule has 0 spiro atoms. The molecular formula is C22H20N2O6. The Labute approximate surface area is 173 Å². The fourth-order valence-electron chi connectivity index (χ4n) is 2.59. The fraction of sp³-hybridized carbons (Fsp3) is 0.136. The second kappa shape index (κ2) is 9.42. The number of carbonyl (C=O) groups is 1. The molecule has 1 N–H and O–H groups in total. The zero-order valence-corrected chi connectivity index (χ0v) is 16.4. The Morgan fingerprint density at radius 1 is 0.967 bits per heavy atom. The molecule has 0 aromatic heterocycles. The lowest BCUT2D eigenvalue weighted by Crippen LogP contribution is -2.30. The molecule has 8 nitrogen and oxygen atoms in total. The maximum absolute atomic E-state index is 12.4. The van der Waals surface area contributed by atoms with Crippen LogP contribution < -0.4 is 19.5 Å². The van der Waals surface area contributed by atoms with Crippen molar-refractivity contribution in [3.63, 3.8) is 0 Å². The molecule has 0 aliphatic rings. The van der Waals surface area contributed by atoms with Crippen LogP contribution in [-0.4, -0.2) is 24.0 Å². The van der Waals surface area contributed by atoms with E-state index in [9.17, 15) is 14.9 Å². The van der Waals surface area contributed by atoms with Gasteiger partial charge >= 0.3 is 5.69 Å². The third kappa shape index (κ3) is 5.26. The van der Waals surface area contributed by atoms with Gasteiger partial charge in [0.25, 0.3) is 5.91 Å². The molecule has 3 rings (SSSR count). The van der Waals surface area contributed by atoms with Gasteiger partial charge in [-0.2, -0.15) is 0 Å². The van der Waals surface area contributed by atoms with Crippen molar-refractivity contribution in [3.8, 4) is 23.0 Å². The van der Waals surface area contributed by atoms with E-state index < -0.39 is 16.9 Å². The fourth-order valence-corrected chi connectivity index (χ4v) is 2.59. The number of nitro groups is 1. The van der Waals surface area contributed by atoms with Crippen LogP contribution >= 0.6 is 0 Å². The Kier molecular flexibility index (Phi) is 6.49. The summed E-state index contributed by atoms with van der Waals surface area (Å²) in [5, 5.41) is 14.0. The van der Waals surface area contributed by atoms with E-state index in [1.807, 2.05) is 30.3 Å². The predicted molar refractivity (Wildman–Crippen MR) is 111 cm³/mol. The molecule has 0 saturated carbocycles. The number of benzene rings is 3. The maximum atomic E-state index is 12.4. The van der Waals surface area contributed by atoms with Crippen LogP contribution in [0.3, 0.4) is 0 Å². The number of ether oxygens (including phenoxy) is 3. The highest BCUT2D eigenvalue weighted by Crippen LogP contribution is 2.32. The third-order valence-corrected chi connectivity index (χ3v) is 4.14. The van der Waals surface area contributed by atoms with Crippen LogP contribution in [-0.2, 0) is 4.79 Å². The summed E-state index contributed by atoms with van der Waals surface area (Å²) in [5.41, 5.74) is 0.261. The number of hydrogen-bond donors (Lipinski definition) is 1. The number of nitrogens with zero attached hydrogens (tertiary/aromatic N) is 1. The molecule has 0 aliphatic heterocycles. The molecule has 0 aliphatic carbocycles. The molecule has 1 amide bonds. The van der Waals surface area contributed by atoms with Gasteiger partial charge < -0.3 is 19.5 Å². The van der Waals surface area contributed by atoms with E-state index in [4.69, 9.17) is 14.2 Å².